The van der Waals surface area contributed by atoms with Crippen LogP contribution in [0.25, 0.3) is 11.1 Å². The third kappa shape index (κ3) is 2.96. The Morgan fingerprint density at radius 1 is 1.16 bits per heavy atom. The Labute approximate surface area is 108 Å². The number of rotatable bonds is 4. The normalized spacial score (nSPS) is 11.8. The van der Waals surface area contributed by atoms with Gasteiger partial charge in [0.05, 0.1) is 11.8 Å². The highest BCUT2D eigenvalue weighted by Crippen LogP contribution is 2.38. The minimum absolute atomic E-state index is 0.0864. The summed E-state index contributed by atoms with van der Waals surface area (Å²) in [5.74, 6) is 0.433. The molecule has 0 atom stereocenters. The van der Waals surface area contributed by atoms with Crippen molar-refractivity contribution >= 4 is 0 Å². The number of nitrogens with two attached hydrogens (primary N) is 1. The Hall–Kier alpha value is -1.82. The second-order valence-electron chi connectivity index (χ2n) is 4.10. The van der Waals surface area contributed by atoms with E-state index in [1.165, 1.54) is 18.3 Å². The van der Waals surface area contributed by atoms with Gasteiger partial charge in [0.15, 0.2) is 0 Å². The number of aromatic nitrogens is 1. The smallest absolute Gasteiger partial charge is 0.361 e. The molecule has 0 saturated carbocycles. The van der Waals surface area contributed by atoms with E-state index in [0.29, 0.717) is 30.7 Å². The molecule has 6 heteroatoms. The molecule has 0 aliphatic rings. The van der Waals surface area contributed by atoms with E-state index >= 15 is 0 Å². The number of nitrogens with zero attached hydrogens (tertiary/aromatic N) is 1. The van der Waals surface area contributed by atoms with Gasteiger partial charge in [0.2, 0.25) is 0 Å². The fourth-order valence-electron chi connectivity index (χ4n) is 1.89. The molecule has 19 heavy (non-hydrogen) atoms. The van der Waals surface area contributed by atoms with Crippen LogP contribution >= 0.6 is 0 Å². The SMILES string of the molecule is NCCCc1oncc1-c1ccccc1C(F)(F)F. The monoisotopic (exact) mass is 270 g/mol. The second-order valence-corrected chi connectivity index (χ2v) is 4.10. The fraction of sp³-hybridized carbons (Fsp3) is 0.308. The van der Waals surface area contributed by atoms with Crippen LogP contribution in [0.4, 0.5) is 13.2 Å². The summed E-state index contributed by atoms with van der Waals surface area (Å²) in [6.45, 7) is 0.445. The van der Waals surface area contributed by atoms with Gasteiger partial charge in [-0.25, -0.2) is 0 Å². The summed E-state index contributed by atoms with van der Waals surface area (Å²) in [6.07, 6.45) is -1.98. The van der Waals surface area contributed by atoms with Crippen molar-refractivity contribution in [1.29, 1.82) is 0 Å². The summed E-state index contributed by atoms with van der Waals surface area (Å²) in [4.78, 5) is 0. The molecule has 0 bridgehead atoms. The highest BCUT2D eigenvalue weighted by atomic mass is 19.4. The summed E-state index contributed by atoms with van der Waals surface area (Å²) < 4.78 is 43.9. The van der Waals surface area contributed by atoms with Crippen LogP contribution in [0.15, 0.2) is 35.0 Å². The molecule has 2 aromatic rings. The van der Waals surface area contributed by atoms with Crippen LogP contribution in [0, 0.1) is 0 Å². The van der Waals surface area contributed by atoms with Crippen LogP contribution < -0.4 is 5.73 Å². The highest BCUT2D eigenvalue weighted by molar-refractivity contribution is 5.69. The number of alkyl halides is 3. The topological polar surface area (TPSA) is 52.0 Å². The fourth-order valence-corrected chi connectivity index (χ4v) is 1.89. The van der Waals surface area contributed by atoms with Gasteiger partial charge in [0, 0.05) is 12.0 Å². The van der Waals surface area contributed by atoms with Crippen molar-refractivity contribution in [3.63, 3.8) is 0 Å². The molecule has 102 valence electrons. The van der Waals surface area contributed by atoms with Gasteiger partial charge in [0.1, 0.15) is 5.76 Å². The Balaban J connectivity index is 2.45. The van der Waals surface area contributed by atoms with E-state index in [4.69, 9.17) is 10.3 Å². The molecular formula is C13H13F3N2O. The first kappa shape index (κ1) is 13.6. The Morgan fingerprint density at radius 3 is 2.58 bits per heavy atom. The van der Waals surface area contributed by atoms with Crippen molar-refractivity contribution < 1.29 is 17.7 Å². The van der Waals surface area contributed by atoms with Crippen molar-refractivity contribution in [2.24, 2.45) is 5.73 Å². The minimum Gasteiger partial charge on any atom is -0.361 e. The van der Waals surface area contributed by atoms with Crippen LogP contribution in [0.5, 0.6) is 0 Å². The van der Waals surface area contributed by atoms with E-state index < -0.39 is 11.7 Å². The van der Waals surface area contributed by atoms with Crippen molar-refractivity contribution in [3.8, 4) is 11.1 Å². The average molecular weight is 270 g/mol. The summed E-state index contributed by atoms with van der Waals surface area (Å²) >= 11 is 0. The maximum atomic E-state index is 13.0. The number of benzene rings is 1. The van der Waals surface area contributed by atoms with Crippen LogP contribution in [0.1, 0.15) is 17.7 Å². The summed E-state index contributed by atoms with van der Waals surface area (Å²) in [5, 5.41) is 3.59. The van der Waals surface area contributed by atoms with E-state index in [1.54, 1.807) is 6.07 Å². The molecule has 0 aliphatic heterocycles. The van der Waals surface area contributed by atoms with Gasteiger partial charge in [-0.15, -0.1) is 0 Å². The zero-order chi connectivity index (χ0) is 13.9. The van der Waals surface area contributed by atoms with E-state index in [9.17, 15) is 13.2 Å². The largest absolute Gasteiger partial charge is 0.417 e. The van der Waals surface area contributed by atoms with Crippen molar-refractivity contribution in [3.05, 3.63) is 41.8 Å². The van der Waals surface area contributed by atoms with Crippen molar-refractivity contribution in [2.45, 2.75) is 19.0 Å². The van der Waals surface area contributed by atoms with Crippen LogP contribution in [0.3, 0.4) is 0 Å². The highest BCUT2D eigenvalue weighted by Gasteiger charge is 2.34. The lowest BCUT2D eigenvalue weighted by Gasteiger charge is -2.11. The number of halogens is 3. The van der Waals surface area contributed by atoms with Gasteiger partial charge in [-0.05, 0) is 24.6 Å². The maximum Gasteiger partial charge on any atom is 0.417 e. The average Bonchev–Trinajstić information content (AvgIpc) is 2.83. The second kappa shape index (κ2) is 5.44. The molecular weight excluding hydrogens is 257 g/mol. The van der Waals surface area contributed by atoms with Crippen molar-refractivity contribution in [2.75, 3.05) is 6.54 Å². The van der Waals surface area contributed by atoms with Gasteiger partial charge in [0.25, 0.3) is 0 Å². The number of aryl methyl sites for hydroxylation is 1. The molecule has 3 nitrogen and oxygen atoms in total. The number of hydrogen-bond acceptors (Lipinski definition) is 3. The number of hydrogen-bond donors (Lipinski definition) is 1. The lowest BCUT2D eigenvalue weighted by molar-refractivity contribution is -0.137. The zero-order valence-corrected chi connectivity index (χ0v) is 10.1. The molecule has 0 unspecified atom stereocenters. The van der Waals surface area contributed by atoms with Crippen LogP contribution in [-0.2, 0) is 12.6 Å². The first-order chi connectivity index (χ1) is 9.04. The molecule has 0 spiro atoms. The van der Waals surface area contributed by atoms with Gasteiger partial charge in [-0.1, -0.05) is 23.4 Å². The van der Waals surface area contributed by atoms with Gasteiger partial charge < -0.3 is 10.3 Å². The maximum absolute atomic E-state index is 13.0. The molecule has 0 amide bonds. The molecule has 1 aromatic carbocycles. The molecule has 0 fully saturated rings. The summed E-state index contributed by atoms with van der Waals surface area (Å²) in [6, 6.07) is 5.39. The summed E-state index contributed by atoms with van der Waals surface area (Å²) in [7, 11) is 0. The molecule has 2 N–H and O–H groups in total. The third-order valence-electron chi connectivity index (χ3n) is 2.78. The predicted molar refractivity (Wildman–Crippen MR) is 64.3 cm³/mol. The van der Waals surface area contributed by atoms with E-state index in [2.05, 4.69) is 5.16 Å². The minimum atomic E-state index is -4.40. The third-order valence-corrected chi connectivity index (χ3v) is 2.78. The molecule has 1 aromatic heterocycles. The van der Waals surface area contributed by atoms with Crippen LogP contribution in [0.2, 0.25) is 0 Å². The molecule has 0 aliphatic carbocycles. The lowest BCUT2D eigenvalue weighted by atomic mass is 9.99. The lowest BCUT2D eigenvalue weighted by Crippen LogP contribution is -2.07. The standard InChI is InChI=1S/C13H13F3N2O/c14-13(15,16)11-5-2-1-4-9(11)10-8-18-19-12(10)6-3-7-17/h1-2,4-5,8H,3,6-7,17H2. The zero-order valence-electron chi connectivity index (χ0n) is 10.1. The van der Waals surface area contributed by atoms with Crippen LogP contribution in [-0.4, -0.2) is 11.7 Å². The Kier molecular flexibility index (Phi) is 3.90. The molecule has 0 radical (unpaired) electrons. The van der Waals surface area contributed by atoms with E-state index in [0.717, 1.165) is 6.07 Å². The first-order valence-corrected chi connectivity index (χ1v) is 5.84. The van der Waals surface area contributed by atoms with E-state index in [1.807, 2.05) is 0 Å². The first-order valence-electron chi connectivity index (χ1n) is 5.84. The van der Waals surface area contributed by atoms with E-state index in [-0.39, 0.29) is 5.56 Å². The van der Waals surface area contributed by atoms with Crippen molar-refractivity contribution in [1.82, 2.24) is 5.16 Å². The molecule has 1 heterocycles. The Morgan fingerprint density at radius 2 is 1.89 bits per heavy atom. The van der Waals surface area contributed by atoms with Gasteiger partial charge >= 0.3 is 6.18 Å². The van der Waals surface area contributed by atoms with Gasteiger partial charge in [-0.2, -0.15) is 13.2 Å². The van der Waals surface area contributed by atoms with Gasteiger partial charge in [-0.3, -0.25) is 0 Å². The quantitative estimate of drug-likeness (QED) is 0.927. The Bertz CT molecular complexity index is 549. The summed E-state index contributed by atoms with van der Waals surface area (Å²) in [5.41, 5.74) is 5.17. The predicted octanol–water partition coefficient (Wildman–Crippen LogP) is 3.25. The molecule has 2 rings (SSSR count). The molecule has 0 saturated heterocycles.